The number of hydrogen-bond acceptors (Lipinski definition) is 6. The Morgan fingerprint density at radius 2 is 1.66 bits per heavy atom. The van der Waals surface area contributed by atoms with Crippen molar-refractivity contribution in [3.05, 3.63) is 66.0 Å². The molecule has 6 heteroatoms. The highest BCUT2D eigenvalue weighted by molar-refractivity contribution is 5.93. The third-order valence-corrected chi connectivity index (χ3v) is 4.94. The molecule has 0 unspecified atom stereocenters. The van der Waals surface area contributed by atoms with Crippen molar-refractivity contribution in [2.24, 2.45) is 0 Å². The third-order valence-electron chi connectivity index (χ3n) is 4.94. The van der Waals surface area contributed by atoms with E-state index in [1.165, 1.54) is 10.8 Å². The van der Waals surface area contributed by atoms with Gasteiger partial charge < -0.3 is 14.8 Å². The van der Waals surface area contributed by atoms with Crippen LogP contribution >= 0.6 is 0 Å². The number of nitriles is 1. The van der Waals surface area contributed by atoms with Crippen molar-refractivity contribution in [3.8, 4) is 17.6 Å². The van der Waals surface area contributed by atoms with Crippen LogP contribution in [0.4, 0.5) is 5.82 Å². The van der Waals surface area contributed by atoms with Crippen LogP contribution in [0.2, 0.25) is 0 Å². The van der Waals surface area contributed by atoms with Gasteiger partial charge in [0.25, 0.3) is 0 Å². The van der Waals surface area contributed by atoms with E-state index in [4.69, 9.17) is 9.47 Å². The average Bonchev–Trinajstić information content (AvgIpc) is 2.77. The van der Waals surface area contributed by atoms with Crippen LogP contribution in [0, 0.1) is 11.3 Å². The Hall–Kier alpha value is -3.85. The summed E-state index contributed by atoms with van der Waals surface area (Å²) in [7, 11) is 3.15. The Kier molecular flexibility index (Phi) is 4.88. The van der Waals surface area contributed by atoms with E-state index in [1.807, 2.05) is 30.3 Å². The van der Waals surface area contributed by atoms with Crippen molar-refractivity contribution >= 4 is 27.5 Å². The van der Waals surface area contributed by atoms with Crippen LogP contribution in [0.1, 0.15) is 24.4 Å². The fourth-order valence-electron chi connectivity index (χ4n) is 3.53. The largest absolute Gasteiger partial charge is 0.493 e. The van der Waals surface area contributed by atoms with E-state index in [2.05, 4.69) is 46.5 Å². The molecule has 0 bridgehead atoms. The number of rotatable bonds is 5. The van der Waals surface area contributed by atoms with Crippen molar-refractivity contribution < 1.29 is 9.47 Å². The number of anilines is 1. The molecule has 1 heterocycles. The smallest absolute Gasteiger partial charge is 0.234 e. The first-order valence-corrected chi connectivity index (χ1v) is 9.22. The van der Waals surface area contributed by atoms with Crippen LogP contribution < -0.4 is 14.8 Å². The van der Waals surface area contributed by atoms with Crippen LogP contribution in [-0.4, -0.2) is 24.2 Å². The van der Waals surface area contributed by atoms with Gasteiger partial charge in [0, 0.05) is 11.5 Å². The highest BCUT2D eigenvalue weighted by Gasteiger charge is 2.16. The zero-order chi connectivity index (χ0) is 20.4. The van der Waals surface area contributed by atoms with Crippen LogP contribution in [0.15, 0.2) is 54.6 Å². The second kappa shape index (κ2) is 7.64. The van der Waals surface area contributed by atoms with Crippen LogP contribution in [-0.2, 0) is 0 Å². The molecule has 0 fully saturated rings. The lowest BCUT2D eigenvalue weighted by Gasteiger charge is -2.19. The maximum atomic E-state index is 9.38. The van der Waals surface area contributed by atoms with Gasteiger partial charge in [-0.05, 0) is 29.3 Å². The van der Waals surface area contributed by atoms with Crippen molar-refractivity contribution in [2.45, 2.75) is 13.0 Å². The van der Waals surface area contributed by atoms with E-state index >= 15 is 0 Å². The van der Waals surface area contributed by atoms with E-state index in [-0.39, 0.29) is 11.9 Å². The monoisotopic (exact) mass is 384 g/mol. The second-order valence-corrected chi connectivity index (χ2v) is 6.67. The number of ether oxygens (including phenoxy) is 2. The Balaban J connectivity index is 1.83. The van der Waals surface area contributed by atoms with E-state index in [9.17, 15) is 5.26 Å². The molecule has 0 saturated carbocycles. The number of nitrogens with zero attached hydrogens (tertiary/aromatic N) is 3. The lowest BCUT2D eigenvalue weighted by Crippen LogP contribution is -2.10. The summed E-state index contributed by atoms with van der Waals surface area (Å²) in [5.41, 5.74) is 1.76. The molecule has 0 amide bonds. The Morgan fingerprint density at radius 3 is 2.41 bits per heavy atom. The summed E-state index contributed by atoms with van der Waals surface area (Å²) in [6, 6.07) is 20.1. The maximum absolute atomic E-state index is 9.38. The molecule has 0 saturated heterocycles. The van der Waals surface area contributed by atoms with Gasteiger partial charge in [-0.15, -0.1) is 0 Å². The summed E-state index contributed by atoms with van der Waals surface area (Å²) in [5, 5.41) is 15.9. The van der Waals surface area contributed by atoms with Crippen molar-refractivity contribution in [2.75, 3.05) is 19.5 Å². The number of hydrogen-bond donors (Lipinski definition) is 1. The van der Waals surface area contributed by atoms with E-state index in [0.29, 0.717) is 22.8 Å². The fraction of sp³-hybridized carbons (Fsp3) is 0.174. The molecule has 1 aromatic heterocycles. The standard InChI is InChI=1S/C23H20N4O2/c1-14(16-10-6-8-15-7-4-5-9-17(15)16)25-23-18-11-20(28-2)21(29-3)12-19(18)26-22(13-24)27-23/h4-12,14H,1-3H3,(H,25,26,27)/t14-/m1/s1. The van der Waals surface area contributed by atoms with E-state index < -0.39 is 0 Å². The minimum absolute atomic E-state index is 0.0427. The first-order chi connectivity index (χ1) is 14.1. The summed E-state index contributed by atoms with van der Waals surface area (Å²) < 4.78 is 10.8. The Labute approximate surface area is 168 Å². The van der Waals surface area contributed by atoms with Crippen LogP contribution in [0.3, 0.4) is 0 Å². The molecule has 0 aliphatic heterocycles. The summed E-state index contributed by atoms with van der Waals surface area (Å²) in [4.78, 5) is 8.74. The molecule has 4 aromatic rings. The van der Waals surface area contributed by atoms with Crippen LogP contribution in [0.5, 0.6) is 11.5 Å². The van der Waals surface area contributed by atoms with Gasteiger partial charge in [0.2, 0.25) is 5.82 Å². The summed E-state index contributed by atoms with van der Waals surface area (Å²) >= 11 is 0. The molecular weight excluding hydrogens is 364 g/mol. The lowest BCUT2D eigenvalue weighted by molar-refractivity contribution is 0.356. The molecule has 0 aliphatic carbocycles. The SMILES string of the molecule is COc1cc2nc(C#N)nc(N[C@H](C)c3cccc4ccccc34)c2cc1OC. The highest BCUT2D eigenvalue weighted by atomic mass is 16.5. The molecule has 4 rings (SSSR count). The molecule has 29 heavy (non-hydrogen) atoms. The van der Waals surface area contributed by atoms with Gasteiger partial charge in [0.05, 0.1) is 25.8 Å². The van der Waals surface area contributed by atoms with Crippen molar-refractivity contribution in [1.82, 2.24) is 9.97 Å². The number of methoxy groups -OCH3 is 2. The highest BCUT2D eigenvalue weighted by Crippen LogP contribution is 2.35. The molecule has 3 aromatic carbocycles. The summed E-state index contributed by atoms with van der Waals surface area (Å²) in [6.45, 7) is 2.07. The van der Waals surface area contributed by atoms with E-state index in [0.717, 1.165) is 10.9 Å². The molecular formula is C23H20N4O2. The molecule has 0 aliphatic rings. The molecule has 6 nitrogen and oxygen atoms in total. The average molecular weight is 384 g/mol. The predicted octanol–water partition coefficient (Wildman–Crippen LogP) is 4.84. The summed E-state index contributed by atoms with van der Waals surface area (Å²) in [5.74, 6) is 1.80. The lowest BCUT2D eigenvalue weighted by atomic mass is 9.99. The fourth-order valence-corrected chi connectivity index (χ4v) is 3.53. The van der Waals surface area contributed by atoms with Gasteiger partial charge in [-0.2, -0.15) is 5.26 Å². The molecule has 0 radical (unpaired) electrons. The minimum atomic E-state index is -0.0427. The van der Waals surface area contributed by atoms with Gasteiger partial charge >= 0.3 is 0 Å². The zero-order valence-corrected chi connectivity index (χ0v) is 16.4. The topological polar surface area (TPSA) is 80.1 Å². The van der Waals surface area contributed by atoms with Gasteiger partial charge in [-0.1, -0.05) is 42.5 Å². The number of nitrogens with one attached hydrogen (secondary N) is 1. The number of benzene rings is 3. The van der Waals surface area contributed by atoms with Gasteiger partial charge in [0.15, 0.2) is 11.5 Å². The van der Waals surface area contributed by atoms with Crippen molar-refractivity contribution in [3.63, 3.8) is 0 Å². The normalized spacial score (nSPS) is 11.8. The number of aromatic nitrogens is 2. The molecule has 144 valence electrons. The van der Waals surface area contributed by atoms with Crippen LogP contribution in [0.25, 0.3) is 21.7 Å². The zero-order valence-electron chi connectivity index (χ0n) is 16.4. The number of fused-ring (bicyclic) bond motifs is 2. The van der Waals surface area contributed by atoms with Gasteiger partial charge in [0.1, 0.15) is 11.9 Å². The Morgan fingerprint density at radius 1 is 0.931 bits per heavy atom. The minimum Gasteiger partial charge on any atom is -0.493 e. The predicted molar refractivity (Wildman–Crippen MR) is 113 cm³/mol. The third kappa shape index (κ3) is 3.39. The maximum Gasteiger partial charge on any atom is 0.234 e. The summed E-state index contributed by atoms with van der Waals surface area (Å²) in [6.07, 6.45) is 0. The van der Waals surface area contributed by atoms with Gasteiger partial charge in [-0.3, -0.25) is 0 Å². The molecule has 0 spiro atoms. The molecule has 1 N–H and O–H groups in total. The first kappa shape index (κ1) is 18.5. The Bertz CT molecular complexity index is 1240. The van der Waals surface area contributed by atoms with Gasteiger partial charge in [-0.25, -0.2) is 9.97 Å². The van der Waals surface area contributed by atoms with E-state index in [1.54, 1.807) is 20.3 Å². The second-order valence-electron chi connectivity index (χ2n) is 6.67. The molecule has 1 atom stereocenters. The first-order valence-electron chi connectivity index (χ1n) is 9.22. The quantitative estimate of drug-likeness (QED) is 0.530. The van der Waals surface area contributed by atoms with Crippen molar-refractivity contribution in [1.29, 1.82) is 5.26 Å².